The van der Waals surface area contributed by atoms with Crippen LogP contribution >= 0.6 is 11.6 Å². The molecule has 2 aromatic carbocycles. The van der Waals surface area contributed by atoms with E-state index in [0.29, 0.717) is 23.6 Å². The molecule has 2 aromatic rings. The fraction of sp³-hybridized carbons (Fsp3) is 0.200. The Balaban J connectivity index is 2.26. The van der Waals surface area contributed by atoms with E-state index >= 15 is 0 Å². The van der Waals surface area contributed by atoms with E-state index in [-0.39, 0.29) is 5.92 Å². The molecule has 2 rings (SSSR count). The summed E-state index contributed by atoms with van der Waals surface area (Å²) in [4.78, 5) is 0. The van der Waals surface area contributed by atoms with Gasteiger partial charge in [-0.15, -0.1) is 0 Å². The summed E-state index contributed by atoms with van der Waals surface area (Å²) >= 11 is 6.12. The van der Waals surface area contributed by atoms with Crippen molar-refractivity contribution in [2.45, 2.75) is 12.3 Å². The second-order valence-electron chi connectivity index (χ2n) is 4.44. The van der Waals surface area contributed by atoms with Crippen molar-refractivity contribution in [3.05, 3.63) is 70.2 Å². The molecule has 0 aliphatic rings. The van der Waals surface area contributed by atoms with Gasteiger partial charge in [0.25, 0.3) is 0 Å². The van der Waals surface area contributed by atoms with E-state index in [2.05, 4.69) is 0 Å². The van der Waals surface area contributed by atoms with Crippen molar-refractivity contribution in [3.8, 4) is 0 Å². The van der Waals surface area contributed by atoms with Gasteiger partial charge in [0.05, 0.1) is 0 Å². The third-order valence-corrected chi connectivity index (χ3v) is 3.38. The maximum Gasteiger partial charge on any atom is 0.126 e. The topological polar surface area (TPSA) is 26.0 Å². The second-order valence-corrected chi connectivity index (χ2v) is 4.84. The molecule has 0 aliphatic carbocycles. The van der Waals surface area contributed by atoms with Crippen LogP contribution in [-0.2, 0) is 6.42 Å². The molecular formula is C15H14ClF2N. The lowest BCUT2D eigenvalue weighted by molar-refractivity contribution is 0.575. The molecule has 0 bridgehead atoms. The van der Waals surface area contributed by atoms with Crippen LogP contribution in [0.1, 0.15) is 17.0 Å². The minimum atomic E-state index is -0.579. The van der Waals surface area contributed by atoms with Crippen LogP contribution < -0.4 is 5.73 Å². The number of benzene rings is 2. The van der Waals surface area contributed by atoms with Crippen LogP contribution in [0.3, 0.4) is 0 Å². The molecule has 19 heavy (non-hydrogen) atoms. The van der Waals surface area contributed by atoms with Gasteiger partial charge in [-0.3, -0.25) is 0 Å². The molecule has 0 aromatic heterocycles. The molecule has 1 atom stereocenters. The first-order valence-corrected chi connectivity index (χ1v) is 6.37. The molecule has 0 aliphatic heterocycles. The largest absolute Gasteiger partial charge is 0.330 e. The predicted octanol–water partition coefficient (Wildman–Crippen LogP) is 3.90. The van der Waals surface area contributed by atoms with Crippen LogP contribution in [0.4, 0.5) is 8.78 Å². The Labute approximate surface area is 116 Å². The highest BCUT2D eigenvalue weighted by Crippen LogP contribution is 2.27. The van der Waals surface area contributed by atoms with Gasteiger partial charge in [-0.05, 0) is 42.3 Å². The summed E-state index contributed by atoms with van der Waals surface area (Å²) in [5, 5.41) is 0.620. The second kappa shape index (κ2) is 6.13. The van der Waals surface area contributed by atoms with E-state index in [4.69, 9.17) is 17.3 Å². The lowest BCUT2D eigenvalue weighted by atomic mass is 9.92. The van der Waals surface area contributed by atoms with Gasteiger partial charge in [0, 0.05) is 17.0 Å². The molecule has 0 saturated heterocycles. The molecule has 1 nitrogen and oxygen atoms in total. The van der Waals surface area contributed by atoms with Crippen LogP contribution in [0.25, 0.3) is 0 Å². The van der Waals surface area contributed by atoms with Gasteiger partial charge < -0.3 is 5.73 Å². The van der Waals surface area contributed by atoms with E-state index in [1.165, 1.54) is 12.1 Å². The Morgan fingerprint density at radius 2 is 1.68 bits per heavy atom. The molecule has 0 radical (unpaired) electrons. The summed E-state index contributed by atoms with van der Waals surface area (Å²) in [7, 11) is 0. The van der Waals surface area contributed by atoms with Gasteiger partial charge in [-0.2, -0.15) is 0 Å². The standard InChI is InChI=1S/C15H14ClF2N/c16-15-4-2-1-3-14(15)11(9-19)5-10-6-12(17)8-13(18)7-10/h1-4,6-8,11H,5,9,19H2. The van der Waals surface area contributed by atoms with Gasteiger partial charge >= 0.3 is 0 Å². The number of hydrogen-bond acceptors (Lipinski definition) is 1. The van der Waals surface area contributed by atoms with E-state index < -0.39 is 11.6 Å². The molecule has 0 fully saturated rings. The van der Waals surface area contributed by atoms with Crippen LogP contribution in [0.5, 0.6) is 0 Å². The summed E-state index contributed by atoms with van der Waals surface area (Å²) in [6.45, 7) is 0.363. The summed E-state index contributed by atoms with van der Waals surface area (Å²) < 4.78 is 26.3. The monoisotopic (exact) mass is 281 g/mol. The van der Waals surface area contributed by atoms with Gasteiger partial charge in [-0.25, -0.2) is 8.78 Å². The average molecular weight is 282 g/mol. The molecule has 4 heteroatoms. The summed E-state index contributed by atoms with van der Waals surface area (Å²) in [6.07, 6.45) is 0.453. The lowest BCUT2D eigenvalue weighted by Crippen LogP contribution is -2.15. The first-order chi connectivity index (χ1) is 9.10. The summed E-state index contributed by atoms with van der Waals surface area (Å²) in [6, 6.07) is 10.9. The smallest absolute Gasteiger partial charge is 0.126 e. The van der Waals surface area contributed by atoms with Crippen molar-refractivity contribution < 1.29 is 8.78 Å². The Bertz CT molecular complexity index is 552. The quantitative estimate of drug-likeness (QED) is 0.904. The number of halogens is 3. The Hall–Kier alpha value is -1.45. The number of hydrogen-bond donors (Lipinski definition) is 1. The van der Waals surface area contributed by atoms with Gasteiger partial charge in [0.1, 0.15) is 11.6 Å². The lowest BCUT2D eigenvalue weighted by Gasteiger charge is -2.17. The van der Waals surface area contributed by atoms with Crippen LogP contribution in [0.2, 0.25) is 5.02 Å². The Morgan fingerprint density at radius 3 is 2.26 bits per heavy atom. The molecule has 100 valence electrons. The normalized spacial score (nSPS) is 12.4. The van der Waals surface area contributed by atoms with Crippen molar-refractivity contribution in [2.75, 3.05) is 6.54 Å². The van der Waals surface area contributed by atoms with Crippen LogP contribution in [-0.4, -0.2) is 6.54 Å². The zero-order valence-corrected chi connectivity index (χ0v) is 11.0. The maximum absolute atomic E-state index is 13.2. The molecule has 0 spiro atoms. The fourth-order valence-electron chi connectivity index (χ4n) is 2.14. The third kappa shape index (κ3) is 3.52. The zero-order valence-electron chi connectivity index (χ0n) is 10.2. The van der Waals surface area contributed by atoms with Gasteiger partial charge in [0.2, 0.25) is 0 Å². The highest BCUT2D eigenvalue weighted by Gasteiger charge is 2.14. The molecule has 2 N–H and O–H groups in total. The minimum absolute atomic E-state index is 0.0603. The summed E-state index contributed by atoms with van der Waals surface area (Å²) in [5.74, 6) is -1.22. The molecule has 0 heterocycles. The molecule has 1 unspecified atom stereocenters. The van der Waals surface area contributed by atoms with Gasteiger partial charge in [-0.1, -0.05) is 29.8 Å². The van der Waals surface area contributed by atoms with E-state index in [9.17, 15) is 8.78 Å². The number of rotatable bonds is 4. The van der Waals surface area contributed by atoms with Crippen molar-refractivity contribution in [2.24, 2.45) is 5.73 Å². The molecule has 0 amide bonds. The van der Waals surface area contributed by atoms with E-state index in [1.807, 2.05) is 18.2 Å². The Morgan fingerprint density at radius 1 is 1.05 bits per heavy atom. The SMILES string of the molecule is NCC(Cc1cc(F)cc(F)c1)c1ccccc1Cl. The van der Waals surface area contributed by atoms with E-state index in [0.717, 1.165) is 11.6 Å². The van der Waals surface area contributed by atoms with Crippen molar-refractivity contribution in [3.63, 3.8) is 0 Å². The van der Waals surface area contributed by atoms with E-state index in [1.54, 1.807) is 6.07 Å². The first kappa shape index (κ1) is 14.0. The average Bonchev–Trinajstić information content (AvgIpc) is 2.36. The van der Waals surface area contributed by atoms with Crippen molar-refractivity contribution in [1.29, 1.82) is 0 Å². The van der Waals surface area contributed by atoms with Crippen LogP contribution in [0.15, 0.2) is 42.5 Å². The third-order valence-electron chi connectivity index (χ3n) is 3.03. The molecule has 0 saturated carbocycles. The predicted molar refractivity (Wildman–Crippen MR) is 73.3 cm³/mol. The minimum Gasteiger partial charge on any atom is -0.330 e. The first-order valence-electron chi connectivity index (χ1n) is 5.99. The van der Waals surface area contributed by atoms with Crippen molar-refractivity contribution >= 4 is 11.6 Å². The van der Waals surface area contributed by atoms with Crippen LogP contribution in [0, 0.1) is 11.6 Å². The number of nitrogens with two attached hydrogens (primary N) is 1. The highest BCUT2D eigenvalue weighted by atomic mass is 35.5. The zero-order chi connectivity index (χ0) is 13.8. The van der Waals surface area contributed by atoms with Crippen molar-refractivity contribution in [1.82, 2.24) is 0 Å². The molecular weight excluding hydrogens is 268 g/mol. The summed E-state index contributed by atoms with van der Waals surface area (Å²) in [5.41, 5.74) is 7.23. The maximum atomic E-state index is 13.2. The Kier molecular flexibility index (Phi) is 4.51. The van der Waals surface area contributed by atoms with Gasteiger partial charge in [0.15, 0.2) is 0 Å². The highest BCUT2D eigenvalue weighted by molar-refractivity contribution is 6.31. The fourth-order valence-corrected chi connectivity index (χ4v) is 2.43.